The first-order chi connectivity index (χ1) is 7.57. The fourth-order valence-electron chi connectivity index (χ4n) is 1.52. The Morgan fingerprint density at radius 3 is 2.75 bits per heavy atom. The van der Waals surface area contributed by atoms with E-state index in [4.69, 9.17) is 23.1 Å². The molecular formula is C11H16N2O2S. The summed E-state index contributed by atoms with van der Waals surface area (Å²) < 4.78 is 1.64. The SMILES string of the molecule is Cc1ccc(C(N)=S)c(=O)n1CCCCO. The molecule has 16 heavy (non-hydrogen) atoms. The number of aromatic nitrogens is 1. The van der Waals surface area contributed by atoms with Gasteiger partial charge >= 0.3 is 0 Å². The van der Waals surface area contributed by atoms with Crippen molar-refractivity contribution in [3.8, 4) is 0 Å². The summed E-state index contributed by atoms with van der Waals surface area (Å²) in [6, 6.07) is 3.48. The molecule has 0 atom stereocenters. The van der Waals surface area contributed by atoms with Crippen LogP contribution < -0.4 is 11.3 Å². The van der Waals surface area contributed by atoms with Crippen molar-refractivity contribution in [2.24, 2.45) is 5.73 Å². The second kappa shape index (κ2) is 5.77. The number of nitrogens with zero attached hydrogens (tertiary/aromatic N) is 1. The summed E-state index contributed by atoms with van der Waals surface area (Å²) in [5, 5.41) is 8.70. The van der Waals surface area contributed by atoms with Gasteiger partial charge in [0.05, 0.1) is 5.56 Å². The largest absolute Gasteiger partial charge is 0.396 e. The molecule has 0 aliphatic carbocycles. The molecular weight excluding hydrogens is 224 g/mol. The van der Waals surface area contributed by atoms with Gasteiger partial charge in [-0.05, 0) is 31.9 Å². The number of aryl methyl sites for hydroxylation is 1. The number of hydrogen-bond acceptors (Lipinski definition) is 3. The maximum absolute atomic E-state index is 12.0. The van der Waals surface area contributed by atoms with Crippen LogP contribution in [0.25, 0.3) is 0 Å². The highest BCUT2D eigenvalue weighted by atomic mass is 32.1. The second-order valence-corrected chi connectivity index (χ2v) is 4.08. The Morgan fingerprint density at radius 2 is 2.19 bits per heavy atom. The average molecular weight is 240 g/mol. The standard InChI is InChI=1S/C11H16N2O2S/c1-8-4-5-9(10(12)16)11(15)13(8)6-2-3-7-14/h4-5,14H,2-3,6-7H2,1H3,(H2,12,16). The van der Waals surface area contributed by atoms with E-state index in [1.807, 2.05) is 13.0 Å². The molecule has 1 rings (SSSR count). The van der Waals surface area contributed by atoms with Gasteiger partial charge in [-0.2, -0.15) is 0 Å². The smallest absolute Gasteiger partial charge is 0.260 e. The van der Waals surface area contributed by atoms with Crippen molar-refractivity contribution in [3.05, 3.63) is 33.7 Å². The van der Waals surface area contributed by atoms with Crippen LogP contribution in [0.3, 0.4) is 0 Å². The van der Waals surface area contributed by atoms with Gasteiger partial charge in [-0.3, -0.25) is 4.79 Å². The van der Waals surface area contributed by atoms with E-state index in [-0.39, 0.29) is 17.2 Å². The number of thiocarbonyl (C=S) groups is 1. The molecule has 0 fully saturated rings. The van der Waals surface area contributed by atoms with Crippen LogP contribution in [0, 0.1) is 6.92 Å². The molecule has 0 amide bonds. The number of aliphatic hydroxyl groups is 1. The van der Waals surface area contributed by atoms with Crippen LogP contribution in [0.1, 0.15) is 24.1 Å². The molecule has 0 unspecified atom stereocenters. The monoisotopic (exact) mass is 240 g/mol. The van der Waals surface area contributed by atoms with Gasteiger partial charge in [0.2, 0.25) is 0 Å². The van der Waals surface area contributed by atoms with Crippen molar-refractivity contribution in [1.29, 1.82) is 0 Å². The molecule has 4 nitrogen and oxygen atoms in total. The minimum absolute atomic E-state index is 0.126. The molecule has 0 radical (unpaired) electrons. The molecule has 0 aliphatic heterocycles. The van der Waals surface area contributed by atoms with Crippen molar-refractivity contribution in [1.82, 2.24) is 4.57 Å². The number of pyridine rings is 1. The van der Waals surface area contributed by atoms with E-state index >= 15 is 0 Å². The first-order valence-electron chi connectivity index (χ1n) is 5.19. The molecule has 1 heterocycles. The summed E-state index contributed by atoms with van der Waals surface area (Å²) in [7, 11) is 0. The minimum Gasteiger partial charge on any atom is -0.396 e. The Bertz CT molecular complexity index is 440. The van der Waals surface area contributed by atoms with Crippen LogP contribution in [0.4, 0.5) is 0 Å². The molecule has 1 aromatic rings. The van der Waals surface area contributed by atoms with Crippen molar-refractivity contribution >= 4 is 17.2 Å². The summed E-state index contributed by atoms with van der Waals surface area (Å²) >= 11 is 4.81. The third kappa shape index (κ3) is 2.90. The lowest BCUT2D eigenvalue weighted by Crippen LogP contribution is -2.30. The highest BCUT2D eigenvalue weighted by Crippen LogP contribution is 2.01. The normalized spacial score (nSPS) is 10.4. The van der Waals surface area contributed by atoms with Crippen molar-refractivity contribution < 1.29 is 5.11 Å². The van der Waals surface area contributed by atoms with Crippen LogP contribution >= 0.6 is 12.2 Å². The summed E-state index contributed by atoms with van der Waals surface area (Å²) in [6.07, 6.45) is 1.45. The number of unbranched alkanes of at least 4 members (excludes halogenated alkanes) is 1. The molecule has 3 N–H and O–H groups in total. The summed E-state index contributed by atoms with van der Waals surface area (Å²) in [4.78, 5) is 12.1. The van der Waals surface area contributed by atoms with Gasteiger partial charge in [0.1, 0.15) is 4.99 Å². The Morgan fingerprint density at radius 1 is 1.50 bits per heavy atom. The third-order valence-corrected chi connectivity index (χ3v) is 2.67. The summed E-state index contributed by atoms with van der Waals surface area (Å²) in [6.45, 7) is 2.59. The second-order valence-electron chi connectivity index (χ2n) is 3.64. The first-order valence-corrected chi connectivity index (χ1v) is 5.60. The molecule has 1 aromatic heterocycles. The van der Waals surface area contributed by atoms with Gasteiger partial charge < -0.3 is 15.4 Å². The van der Waals surface area contributed by atoms with Crippen LogP contribution in [-0.4, -0.2) is 21.3 Å². The van der Waals surface area contributed by atoms with Gasteiger partial charge in [-0.15, -0.1) is 0 Å². The number of hydrogen-bond donors (Lipinski definition) is 2. The van der Waals surface area contributed by atoms with Crippen LogP contribution in [0.5, 0.6) is 0 Å². The average Bonchev–Trinajstić information content (AvgIpc) is 2.22. The summed E-state index contributed by atoms with van der Waals surface area (Å²) in [5.41, 5.74) is 6.58. The highest BCUT2D eigenvalue weighted by Gasteiger charge is 2.07. The fourth-order valence-corrected chi connectivity index (χ4v) is 1.67. The maximum atomic E-state index is 12.0. The van der Waals surface area contributed by atoms with Gasteiger partial charge in [-0.1, -0.05) is 12.2 Å². The van der Waals surface area contributed by atoms with E-state index in [0.29, 0.717) is 18.5 Å². The van der Waals surface area contributed by atoms with Crippen molar-refractivity contribution in [2.75, 3.05) is 6.61 Å². The van der Waals surface area contributed by atoms with E-state index in [1.54, 1.807) is 10.6 Å². The van der Waals surface area contributed by atoms with Crippen LogP contribution in [0.2, 0.25) is 0 Å². The molecule has 5 heteroatoms. The van der Waals surface area contributed by atoms with Gasteiger partial charge in [0.15, 0.2) is 0 Å². The third-order valence-electron chi connectivity index (χ3n) is 2.45. The zero-order chi connectivity index (χ0) is 12.1. The predicted octanol–water partition coefficient (Wildman–Crippen LogP) is 0.563. The maximum Gasteiger partial charge on any atom is 0.260 e. The fraction of sp³-hybridized carbons (Fsp3) is 0.455. The molecule has 88 valence electrons. The number of rotatable bonds is 5. The van der Waals surface area contributed by atoms with E-state index in [2.05, 4.69) is 0 Å². The number of aliphatic hydroxyl groups excluding tert-OH is 1. The molecule has 0 saturated carbocycles. The van der Waals surface area contributed by atoms with Crippen molar-refractivity contribution in [3.63, 3.8) is 0 Å². The van der Waals surface area contributed by atoms with Crippen molar-refractivity contribution in [2.45, 2.75) is 26.3 Å². The van der Waals surface area contributed by atoms with E-state index in [0.717, 1.165) is 12.1 Å². The summed E-state index contributed by atoms with van der Waals surface area (Å²) in [5.74, 6) is 0. The zero-order valence-corrected chi connectivity index (χ0v) is 10.1. The van der Waals surface area contributed by atoms with E-state index in [1.165, 1.54) is 0 Å². The van der Waals surface area contributed by atoms with E-state index in [9.17, 15) is 4.79 Å². The molecule has 0 aromatic carbocycles. The predicted molar refractivity (Wildman–Crippen MR) is 67.6 cm³/mol. The van der Waals surface area contributed by atoms with Gasteiger partial charge in [-0.25, -0.2) is 0 Å². The highest BCUT2D eigenvalue weighted by molar-refractivity contribution is 7.80. The number of nitrogens with two attached hydrogens (primary N) is 1. The van der Waals surface area contributed by atoms with E-state index < -0.39 is 0 Å². The zero-order valence-electron chi connectivity index (χ0n) is 9.27. The lowest BCUT2D eigenvalue weighted by molar-refractivity contribution is 0.280. The Labute approximate surface area is 99.7 Å². The lowest BCUT2D eigenvalue weighted by Gasteiger charge is -2.10. The minimum atomic E-state index is -0.148. The lowest BCUT2D eigenvalue weighted by atomic mass is 10.2. The van der Waals surface area contributed by atoms with Gasteiger partial charge in [0.25, 0.3) is 5.56 Å². The Balaban J connectivity index is 3.02. The van der Waals surface area contributed by atoms with Crippen LogP contribution in [-0.2, 0) is 6.54 Å². The molecule has 0 bridgehead atoms. The quantitative estimate of drug-likeness (QED) is 0.583. The van der Waals surface area contributed by atoms with Crippen LogP contribution in [0.15, 0.2) is 16.9 Å². The Kier molecular flexibility index (Phi) is 4.64. The first kappa shape index (κ1) is 12.9. The molecule has 0 spiro atoms. The Hall–Kier alpha value is -1.20. The van der Waals surface area contributed by atoms with Gasteiger partial charge in [0, 0.05) is 18.8 Å². The molecule has 0 aliphatic rings. The molecule has 0 saturated heterocycles. The topological polar surface area (TPSA) is 68.2 Å².